The van der Waals surface area contributed by atoms with Crippen LogP contribution in [-0.2, 0) is 17.6 Å². The molecular weight excluding hydrogens is 264 g/mol. The molecule has 2 aliphatic rings. The molecule has 5 heteroatoms. The molecule has 106 valence electrons. The summed E-state index contributed by atoms with van der Waals surface area (Å²) in [5.41, 5.74) is 10.5. The molecule has 1 aromatic heterocycles. The van der Waals surface area contributed by atoms with E-state index in [2.05, 4.69) is 33.2 Å². The summed E-state index contributed by atoms with van der Waals surface area (Å²) in [5.74, 6) is 0. The molecule has 2 heterocycles. The molecule has 1 aliphatic heterocycles. The van der Waals surface area contributed by atoms with Crippen LogP contribution in [0.3, 0.4) is 0 Å². The Labute approximate surface area is 122 Å². The largest absolute Gasteiger partial charge is 0.463 e. The van der Waals surface area contributed by atoms with Crippen LogP contribution < -0.4 is 5.73 Å². The molecule has 4 rings (SSSR count). The van der Waals surface area contributed by atoms with Gasteiger partial charge in [-0.2, -0.15) is 0 Å². The van der Waals surface area contributed by atoms with Crippen molar-refractivity contribution in [1.82, 2.24) is 9.97 Å². The molecule has 0 unspecified atom stereocenters. The Hall–Kier alpha value is -2.43. The first-order chi connectivity index (χ1) is 10.3. The minimum absolute atomic E-state index is 0.164. The first-order valence-electron chi connectivity index (χ1n) is 7.10. The predicted octanol–water partition coefficient (Wildman–Crippen LogP) is 1.72. The number of nitrogens with zero attached hydrogens (tertiary/aromatic N) is 3. The van der Waals surface area contributed by atoms with Gasteiger partial charge in [0.2, 0.25) is 0 Å². The number of hydrogen-bond donors (Lipinski definition) is 1. The Morgan fingerprint density at radius 1 is 1.19 bits per heavy atom. The smallest absolute Gasteiger partial charge is 0.282 e. The number of hydrogen-bond acceptors (Lipinski definition) is 5. The van der Waals surface area contributed by atoms with Gasteiger partial charge in [-0.25, -0.2) is 15.0 Å². The second-order valence-corrected chi connectivity index (χ2v) is 5.71. The van der Waals surface area contributed by atoms with Crippen LogP contribution in [-0.4, -0.2) is 28.1 Å². The summed E-state index contributed by atoms with van der Waals surface area (Å²) < 4.78 is 5.38. The van der Waals surface area contributed by atoms with E-state index in [-0.39, 0.29) is 5.54 Å². The van der Waals surface area contributed by atoms with Crippen molar-refractivity contribution in [2.45, 2.75) is 24.8 Å². The average molecular weight is 280 g/mol. The van der Waals surface area contributed by atoms with Crippen molar-refractivity contribution >= 4 is 6.02 Å². The molecule has 21 heavy (non-hydrogen) atoms. The third kappa shape index (κ3) is 2.05. The Morgan fingerprint density at radius 2 is 2.05 bits per heavy atom. The maximum atomic E-state index is 5.69. The van der Waals surface area contributed by atoms with Crippen molar-refractivity contribution in [2.75, 3.05) is 6.61 Å². The minimum atomic E-state index is -0.164. The molecule has 1 aromatic carbocycles. The van der Waals surface area contributed by atoms with Gasteiger partial charge in [-0.15, -0.1) is 0 Å². The van der Waals surface area contributed by atoms with E-state index in [0.29, 0.717) is 12.6 Å². The van der Waals surface area contributed by atoms with Gasteiger partial charge in [-0.05, 0) is 29.5 Å². The van der Waals surface area contributed by atoms with E-state index in [1.807, 2.05) is 12.4 Å². The second kappa shape index (κ2) is 4.55. The lowest BCUT2D eigenvalue weighted by Gasteiger charge is -2.31. The van der Waals surface area contributed by atoms with Crippen LogP contribution in [0.4, 0.5) is 0 Å². The van der Waals surface area contributed by atoms with Crippen molar-refractivity contribution < 1.29 is 4.74 Å². The summed E-state index contributed by atoms with van der Waals surface area (Å²) >= 11 is 0. The van der Waals surface area contributed by atoms with Crippen LogP contribution in [0.15, 0.2) is 41.9 Å². The van der Waals surface area contributed by atoms with Crippen LogP contribution in [0.5, 0.6) is 0 Å². The van der Waals surface area contributed by atoms with Crippen LogP contribution in [0, 0.1) is 0 Å². The third-order valence-corrected chi connectivity index (χ3v) is 4.34. The quantitative estimate of drug-likeness (QED) is 0.863. The molecule has 2 aromatic rings. The zero-order valence-corrected chi connectivity index (χ0v) is 11.6. The number of benzene rings is 1. The number of ether oxygens (including phenoxy) is 1. The fraction of sp³-hybridized carbons (Fsp3) is 0.312. The number of aromatic nitrogens is 2. The maximum Gasteiger partial charge on any atom is 0.282 e. The Morgan fingerprint density at radius 3 is 2.81 bits per heavy atom. The van der Waals surface area contributed by atoms with Gasteiger partial charge in [-0.3, -0.25) is 0 Å². The first kappa shape index (κ1) is 12.3. The normalized spacial score (nSPS) is 23.5. The lowest BCUT2D eigenvalue weighted by Crippen LogP contribution is -2.35. The van der Waals surface area contributed by atoms with Crippen LogP contribution in [0.1, 0.15) is 17.5 Å². The van der Waals surface area contributed by atoms with Crippen molar-refractivity contribution in [3.05, 3.63) is 48.0 Å². The summed E-state index contributed by atoms with van der Waals surface area (Å²) in [4.78, 5) is 12.8. The van der Waals surface area contributed by atoms with Gasteiger partial charge in [-0.1, -0.05) is 18.2 Å². The predicted molar refractivity (Wildman–Crippen MR) is 79.8 cm³/mol. The lowest BCUT2D eigenvalue weighted by molar-refractivity contribution is 0.235. The number of rotatable bonds is 1. The minimum Gasteiger partial charge on any atom is -0.463 e. The van der Waals surface area contributed by atoms with E-state index in [1.54, 1.807) is 6.33 Å². The fourth-order valence-electron chi connectivity index (χ4n) is 3.33. The Bertz CT molecular complexity index is 713. The maximum absolute atomic E-state index is 5.69. The molecule has 0 amide bonds. The molecule has 0 bridgehead atoms. The van der Waals surface area contributed by atoms with Gasteiger partial charge in [0, 0.05) is 24.4 Å². The molecule has 0 saturated heterocycles. The highest BCUT2D eigenvalue weighted by Gasteiger charge is 2.39. The van der Waals surface area contributed by atoms with Gasteiger partial charge in [0.15, 0.2) is 0 Å². The van der Waals surface area contributed by atoms with E-state index in [4.69, 9.17) is 10.5 Å². The Kier molecular flexibility index (Phi) is 2.67. The van der Waals surface area contributed by atoms with Gasteiger partial charge < -0.3 is 10.5 Å². The molecule has 0 radical (unpaired) electrons. The average Bonchev–Trinajstić information content (AvgIpc) is 2.88. The molecule has 0 fully saturated rings. The van der Waals surface area contributed by atoms with E-state index in [0.717, 1.165) is 24.8 Å². The zero-order valence-electron chi connectivity index (χ0n) is 11.6. The van der Waals surface area contributed by atoms with E-state index < -0.39 is 0 Å². The van der Waals surface area contributed by atoms with E-state index >= 15 is 0 Å². The molecule has 1 spiro atoms. The van der Waals surface area contributed by atoms with Crippen molar-refractivity contribution in [3.8, 4) is 11.1 Å². The van der Waals surface area contributed by atoms with Crippen LogP contribution >= 0.6 is 0 Å². The lowest BCUT2D eigenvalue weighted by atomic mass is 9.77. The van der Waals surface area contributed by atoms with Crippen LogP contribution in [0.2, 0.25) is 0 Å². The molecule has 5 nitrogen and oxygen atoms in total. The summed E-state index contributed by atoms with van der Waals surface area (Å²) in [5, 5.41) is 0. The van der Waals surface area contributed by atoms with Gasteiger partial charge in [0.05, 0.1) is 0 Å². The summed E-state index contributed by atoms with van der Waals surface area (Å²) in [7, 11) is 0. The third-order valence-electron chi connectivity index (χ3n) is 4.34. The SMILES string of the molecule is NC1=N[C@@]2(CCc3c(cccc3-c3cncnc3)C2)CO1. The zero-order chi connectivity index (χ0) is 14.3. The number of amidine groups is 1. The molecular formula is C16H16N4O. The van der Waals surface area contributed by atoms with Gasteiger partial charge in [0.25, 0.3) is 6.02 Å². The molecule has 2 N–H and O–H groups in total. The van der Waals surface area contributed by atoms with E-state index in [1.165, 1.54) is 16.7 Å². The van der Waals surface area contributed by atoms with Gasteiger partial charge in [0.1, 0.15) is 18.5 Å². The number of nitrogens with two attached hydrogens (primary N) is 1. The fourth-order valence-corrected chi connectivity index (χ4v) is 3.33. The Balaban J connectivity index is 1.75. The number of aliphatic imine (C=N–C) groups is 1. The highest BCUT2D eigenvalue weighted by Crippen LogP contribution is 2.38. The monoisotopic (exact) mass is 280 g/mol. The van der Waals surface area contributed by atoms with Crippen molar-refractivity contribution in [1.29, 1.82) is 0 Å². The van der Waals surface area contributed by atoms with Crippen molar-refractivity contribution in [3.63, 3.8) is 0 Å². The molecule has 0 saturated carbocycles. The topological polar surface area (TPSA) is 73.4 Å². The van der Waals surface area contributed by atoms with E-state index in [9.17, 15) is 0 Å². The highest BCUT2D eigenvalue weighted by molar-refractivity contribution is 5.74. The first-order valence-corrected chi connectivity index (χ1v) is 7.10. The second-order valence-electron chi connectivity index (χ2n) is 5.71. The standard InChI is InChI=1S/C16H16N4O/c17-15-20-16(9-21-15)5-4-14-11(6-16)2-1-3-13(14)12-7-18-10-19-8-12/h1-3,7-8,10H,4-6,9H2,(H2,17,20)/t16-/m1/s1. The molecule has 1 aliphatic carbocycles. The summed E-state index contributed by atoms with van der Waals surface area (Å²) in [6.45, 7) is 0.594. The van der Waals surface area contributed by atoms with Crippen molar-refractivity contribution in [2.24, 2.45) is 10.7 Å². The van der Waals surface area contributed by atoms with Gasteiger partial charge >= 0.3 is 0 Å². The van der Waals surface area contributed by atoms with Crippen LogP contribution in [0.25, 0.3) is 11.1 Å². The summed E-state index contributed by atoms with van der Waals surface area (Å²) in [6.07, 6.45) is 8.10. The highest BCUT2D eigenvalue weighted by atomic mass is 16.5. The summed E-state index contributed by atoms with van der Waals surface area (Å²) in [6, 6.07) is 6.72. The number of fused-ring (bicyclic) bond motifs is 1. The molecule has 1 atom stereocenters.